The van der Waals surface area contributed by atoms with Gasteiger partial charge in [-0.25, -0.2) is 8.42 Å². The van der Waals surface area contributed by atoms with Crippen LogP contribution in [0.15, 0.2) is 24.3 Å². The molecule has 0 aromatic heterocycles. The van der Waals surface area contributed by atoms with E-state index in [9.17, 15) is 8.42 Å². The van der Waals surface area contributed by atoms with E-state index in [0.717, 1.165) is 23.6 Å². The number of nitrogens with zero attached hydrogens (tertiary/aromatic N) is 1. The second-order valence-electron chi connectivity index (χ2n) is 5.06. The molecule has 1 saturated heterocycles. The monoisotopic (exact) mass is 330 g/mol. The molecule has 118 valence electrons. The predicted molar refractivity (Wildman–Crippen MR) is 87.4 cm³/mol. The van der Waals surface area contributed by atoms with Crippen LogP contribution in [-0.4, -0.2) is 56.1 Å². The van der Waals surface area contributed by atoms with Gasteiger partial charge >= 0.3 is 0 Å². The van der Waals surface area contributed by atoms with Gasteiger partial charge < -0.3 is 10.5 Å². The molecule has 1 heterocycles. The molecule has 21 heavy (non-hydrogen) atoms. The van der Waals surface area contributed by atoms with Gasteiger partial charge in [-0.15, -0.1) is 0 Å². The Labute approximate surface area is 130 Å². The summed E-state index contributed by atoms with van der Waals surface area (Å²) in [6, 6.07) is 7.66. The van der Waals surface area contributed by atoms with Crippen LogP contribution in [0.25, 0.3) is 0 Å². The molecular weight excluding hydrogens is 308 g/mol. The largest absolute Gasteiger partial charge is 0.492 e. The molecule has 5 nitrogen and oxygen atoms in total. The lowest BCUT2D eigenvalue weighted by atomic mass is 10.2. The first-order valence-corrected chi connectivity index (χ1v) is 10.0. The maximum absolute atomic E-state index is 11.8. The average Bonchev–Trinajstić information content (AvgIpc) is 2.47. The zero-order valence-corrected chi connectivity index (χ0v) is 13.8. The van der Waals surface area contributed by atoms with E-state index in [-0.39, 0.29) is 0 Å². The molecule has 1 aromatic carbocycles. The summed E-state index contributed by atoms with van der Waals surface area (Å²) in [6.07, 6.45) is 1.31. The number of nitrogens with two attached hydrogens (primary N) is 1. The minimum Gasteiger partial charge on any atom is -0.492 e. The third-order valence-corrected chi connectivity index (χ3v) is 6.20. The molecule has 1 aromatic rings. The summed E-state index contributed by atoms with van der Waals surface area (Å²) in [7, 11) is -3.05. The molecule has 0 radical (unpaired) electrons. The van der Waals surface area contributed by atoms with Crippen molar-refractivity contribution >= 4 is 21.6 Å². The molecule has 0 aliphatic carbocycles. The molecule has 2 rings (SSSR count). The summed E-state index contributed by atoms with van der Waals surface area (Å²) in [5, 5.41) is -0.399. The fourth-order valence-electron chi connectivity index (χ4n) is 2.35. The van der Waals surface area contributed by atoms with Crippen molar-refractivity contribution < 1.29 is 13.2 Å². The van der Waals surface area contributed by atoms with Gasteiger partial charge in [0.15, 0.2) is 9.84 Å². The average molecular weight is 330 g/mol. The van der Waals surface area contributed by atoms with Crippen molar-refractivity contribution in [3.05, 3.63) is 29.8 Å². The van der Waals surface area contributed by atoms with Crippen LogP contribution in [0.3, 0.4) is 0 Å². The Morgan fingerprint density at radius 1 is 1.43 bits per heavy atom. The minimum absolute atomic E-state index is 0.399. The molecule has 0 spiro atoms. The van der Waals surface area contributed by atoms with Crippen LogP contribution < -0.4 is 10.5 Å². The van der Waals surface area contributed by atoms with Gasteiger partial charge in [0.2, 0.25) is 0 Å². The van der Waals surface area contributed by atoms with Crippen LogP contribution in [-0.2, 0) is 16.4 Å². The Morgan fingerprint density at radius 3 is 2.90 bits per heavy atom. The van der Waals surface area contributed by atoms with E-state index in [1.54, 1.807) is 11.8 Å². The number of thioether (sulfide) groups is 1. The number of rotatable bonds is 6. The van der Waals surface area contributed by atoms with Gasteiger partial charge in [0.25, 0.3) is 0 Å². The van der Waals surface area contributed by atoms with Gasteiger partial charge in [-0.1, -0.05) is 18.2 Å². The Bertz CT molecular complexity index is 563. The summed E-state index contributed by atoms with van der Waals surface area (Å²) < 4.78 is 29.4. The number of sulfone groups is 1. The topological polar surface area (TPSA) is 72.6 Å². The quantitative estimate of drug-likeness (QED) is 0.837. The zero-order valence-electron chi connectivity index (χ0n) is 12.2. The highest BCUT2D eigenvalue weighted by Crippen LogP contribution is 2.21. The van der Waals surface area contributed by atoms with Crippen molar-refractivity contribution in [1.82, 2.24) is 4.90 Å². The molecule has 7 heteroatoms. The number of para-hydroxylation sites is 1. The SMILES string of the molecule is CS(=O)(=O)C1CSCCN1CCOc1ccccc1CN. The molecule has 1 fully saturated rings. The number of hydrogen-bond donors (Lipinski definition) is 1. The second-order valence-corrected chi connectivity index (χ2v) is 8.41. The van der Waals surface area contributed by atoms with E-state index < -0.39 is 15.2 Å². The molecule has 1 atom stereocenters. The zero-order chi connectivity index (χ0) is 15.3. The van der Waals surface area contributed by atoms with Crippen molar-refractivity contribution in [2.45, 2.75) is 11.9 Å². The van der Waals surface area contributed by atoms with Crippen molar-refractivity contribution in [2.75, 3.05) is 37.5 Å². The third kappa shape index (κ3) is 4.60. The van der Waals surface area contributed by atoms with Crippen LogP contribution >= 0.6 is 11.8 Å². The maximum atomic E-state index is 11.8. The van der Waals surface area contributed by atoms with Gasteiger partial charge in [0.1, 0.15) is 17.7 Å². The first-order valence-electron chi connectivity index (χ1n) is 6.94. The van der Waals surface area contributed by atoms with Crippen LogP contribution in [0, 0.1) is 0 Å². The van der Waals surface area contributed by atoms with E-state index in [4.69, 9.17) is 10.5 Å². The summed E-state index contributed by atoms with van der Waals surface area (Å²) in [5.74, 6) is 2.38. The molecule has 0 saturated carbocycles. The lowest BCUT2D eigenvalue weighted by molar-refractivity contribution is 0.205. The van der Waals surface area contributed by atoms with Crippen LogP contribution in [0.5, 0.6) is 5.75 Å². The lowest BCUT2D eigenvalue weighted by Gasteiger charge is -2.33. The highest BCUT2D eigenvalue weighted by Gasteiger charge is 2.30. The van der Waals surface area contributed by atoms with Crippen LogP contribution in [0.1, 0.15) is 5.56 Å². The minimum atomic E-state index is -3.05. The summed E-state index contributed by atoms with van der Waals surface area (Å²) in [5.41, 5.74) is 6.64. The Balaban J connectivity index is 1.92. The van der Waals surface area contributed by atoms with E-state index in [0.29, 0.717) is 25.4 Å². The molecule has 1 aliphatic rings. The molecule has 2 N–H and O–H groups in total. The van der Waals surface area contributed by atoms with E-state index >= 15 is 0 Å². The van der Waals surface area contributed by atoms with Crippen molar-refractivity contribution in [2.24, 2.45) is 5.73 Å². The number of hydrogen-bond acceptors (Lipinski definition) is 6. The highest BCUT2D eigenvalue weighted by molar-refractivity contribution is 8.00. The molecule has 1 unspecified atom stereocenters. The van der Waals surface area contributed by atoms with E-state index in [1.165, 1.54) is 6.26 Å². The van der Waals surface area contributed by atoms with Crippen molar-refractivity contribution in [1.29, 1.82) is 0 Å². The molecule has 0 amide bonds. The van der Waals surface area contributed by atoms with Gasteiger partial charge in [-0.05, 0) is 6.07 Å². The smallest absolute Gasteiger partial charge is 0.164 e. The maximum Gasteiger partial charge on any atom is 0.164 e. The normalized spacial score (nSPS) is 20.4. The fourth-order valence-corrected chi connectivity index (χ4v) is 5.32. The fraction of sp³-hybridized carbons (Fsp3) is 0.571. The Hall–Kier alpha value is -0.760. The third-order valence-electron chi connectivity index (χ3n) is 3.51. The molecule has 1 aliphatic heterocycles. The summed E-state index contributed by atoms with van der Waals surface area (Å²) in [6.45, 7) is 2.29. The van der Waals surface area contributed by atoms with E-state index in [2.05, 4.69) is 0 Å². The summed E-state index contributed by atoms with van der Waals surface area (Å²) in [4.78, 5) is 2.00. The van der Waals surface area contributed by atoms with Crippen molar-refractivity contribution in [3.8, 4) is 5.75 Å². The predicted octanol–water partition coefficient (Wildman–Crippen LogP) is 0.944. The molecule has 0 bridgehead atoms. The Kier molecular flexibility index (Phi) is 5.92. The second kappa shape index (κ2) is 7.49. The van der Waals surface area contributed by atoms with E-state index in [1.807, 2.05) is 29.2 Å². The Morgan fingerprint density at radius 2 is 2.19 bits per heavy atom. The van der Waals surface area contributed by atoms with Gasteiger partial charge in [-0.2, -0.15) is 11.8 Å². The number of ether oxygens (including phenoxy) is 1. The standard InChI is InChI=1S/C14H22N2O3S2/c1-21(17,18)14-11-20-9-7-16(14)6-8-19-13-5-3-2-4-12(13)10-15/h2-5,14H,6-11,15H2,1H3. The van der Waals surface area contributed by atoms with Crippen molar-refractivity contribution in [3.63, 3.8) is 0 Å². The van der Waals surface area contributed by atoms with Gasteiger partial charge in [0, 0.05) is 43.0 Å². The van der Waals surface area contributed by atoms with Gasteiger partial charge in [-0.3, -0.25) is 4.90 Å². The lowest BCUT2D eigenvalue weighted by Crippen LogP contribution is -2.48. The van der Waals surface area contributed by atoms with Gasteiger partial charge in [0.05, 0.1) is 0 Å². The first kappa shape index (κ1) is 16.6. The summed E-state index contributed by atoms with van der Waals surface area (Å²) >= 11 is 1.69. The molecular formula is C14H22N2O3S2. The number of benzene rings is 1. The highest BCUT2D eigenvalue weighted by atomic mass is 32.2. The first-order chi connectivity index (χ1) is 10.0. The van der Waals surface area contributed by atoms with Crippen LogP contribution in [0.4, 0.5) is 0 Å². The van der Waals surface area contributed by atoms with Crippen LogP contribution in [0.2, 0.25) is 0 Å².